The number of hydrogen-bond acceptors (Lipinski definition) is 6. The van der Waals surface area contributed by atoms with Crippen LogP contribution in [0.3, 0.4) is 0 Å². The minimum atomic E-state index is -0.187. The molecular weight excluding hydrogens is 495 g/mol. The van der Waals surface area contributed by atoms with Gasteiger partial charge < -0.3 is 19.5 Å². The fourth-order valence-electron chi connectivity index (χ4n) is 5.53. The monoisotopic (exact) mass is 518 g/mol. The molecule has 178 valence electrons. The Morgan fingerprint density at radius 2 is 2.00 bits per heavy atom. The summed E-state index contributed by atoms with van der Waals surface area (Å²) in [7, 11) is 0. The molecule has 0 radical (unpaired) electrons. The summed E-state index contributed by atoms with van der Waals surface area (Å²) >= 11 is 14.8. The third kappa shape index (κ3) is 3.46. The van der Waals surface area contributed by atoms with Gasteiger partial charge in [0.15, 0.2) is 0 Å². The Bertz CT molecular complexity index is 1370. The third-order valence-electron chi connectivity index (χ3n) is 7.55. The van der Waals surface area contributed by atoms with Crippen LogP contribution in [0, 0.1) is 12.3 Å². The topological polar surface area (TPSA) is 78.5 Å². The lowest BCUT2D eigenvalue weighted by atomic mass is 9.73. The van der Waals surface area contributed by atoms with Gasteiger partial charge in [0.25, 0.3) is 11.5 Å². The van der Waals surface area contributed by atoms with Crippen LogP contribution < -0.4 is 10.5 Å². The molecule has 0 atom stereocenters. The summed E-state index contributed by atoms with van der Waals surface area (Å²) in [6.07, 6.45) is 4.44. The van der Waals surface area contributed by atoms with Crippen molar-refractivity contribution < 1.29 is 9.53 Å². The zero-order valence-corrected chi connectivity index (χ0v) is 21.1. The van der Waals surface area contributed by atoms with E-state index in [1.807, 2.05) is 13.0 Å². The number of nitrogens with one attached hydrogen (secondary N) is 1. The highest BCUT2D eigenvalue weighted by Gasteiger charge is 2.45. The van der Waals surface area contributed by atoms with E-state index in [1.165, 1.54) is 11.5 Å². The first-order valence-electron chi connectivity index (χ1n) is 11.5. The molecule has 3 aliphatic rings. The van der Waals surface area contributed by atoms with E-state index >= 15 is 0 Å². The number of fused-ring (bicyclic) bond motifs is 2. The molecule has 34 heavy (non-hydrogen) atoms. The summed E-state index contributed by atoms with van der Waals surface area (Å²) in [6, 6.07) is 1.91. The van der Waals surface area contributed by atoms with Crippen molar-refractivity contribution in [2.45, 2.75) is 32.7 Å². The van der Waals surface area contributed by atoms with E-state index in [1.54, 1.807) is 11.1 Å². The number of nitrogens with zero attached hydrogens (tertiary/aromatic N) is 3. The summed E-state index contributed by atoms with van der Waals surface area (Å²) in [4.78, 5) is 33.2. The van der Waals surface area contributed by atoms with Crippen LogP contribution in [0.5, 0.6) is 0 Å². The van der Waals surface area contributed by atoms with Crippen molar-refractivity contribution in [3.05, 3.63) is 55.0 Å². The third-order valence-corrected chi connectivity index (χ3v) is 9.13. The second kappa shape index (κ2) is 8.22. The predicted molar refractivity (Wildman–Crippen MR) is 135 cm³/mol. The molecule has 3 aliphatic heterocycles. The SMILES string of the molecule is Cc1[nH]c(=O)c(CN2CCc3c(Cl)cc(N4CC5(CCOCC5)C4)c(Cl)c3C2=O)c2sncc12. The number of pyridine rings is 1. The average Bonchev–Trinajstić information content (AvgIpc) is 3.29. The number of aryl methyl sites for hydroxylation is 1. The lowest BCUT2D eigenvalue weighted by molar-refractivity contribution is -0.000186. The number of H-pyrrole nitrogens is 1. The largest absolute Gasteiger partial charge is 0.381 e. The van der Waals surface area contributed by atoms with Crippen LogP contribution in [-0.4, -0.2) is 53.0 Å². The van der Waals surface area contributed by atoms with Gasteiger partial charge in [0.1, 0.15) is 0 Å². The van der Waals surface area contributed by atoms with E-state index in [4.69, 9.17) is 27.9 Å². The highest BCUT2D eigenvalue weighted by Crippen LogP contribution is 2.47. The zero-order chi connectivity index (χ0) is 23.6. The summed E-state index contributed by atoms with van der Waals surface area (Å²) in [5, 5.41) is 1.94. The molecule has 0 aliphatic carbocycles. The van der Waals surface area contributed by atoms with Crippen molar-refractivity contribution in [1.29, 1.82) is 0 Å². The number of rotatable bonds is 3. The molecule has 2 fully saturated rings. The van der Waals surface area contributed by atoms with Crippen LogP contribution in [0.2, 0.25) is 10.0 Å². The van der Waals surface area contributed by atoms with Crippen molar-refractivity contribution in [1.82, 2.24) is 14.3 Å². The van der Waals surface area contributed by atoms with Crippen LogP contribution in [0.1, 0.15) is 40.0 Å². The molecule has 1 spiro atoms. The van der Waals surface area contributed by atoms with Crippen molar-refractivity contribution in [3.8, 4) is 0 Å². The van der Waals surface area contributed by atoms with Gasteiger partial charge in [0.2, 0.25) is 0 Å². The lowest BCUT2D eigenvalue weighted by Gasteiger charge is -2.53. The van der Waals surface area contributed by atoms with Gasteiger partial charge in [-0.15, -0.1) is 0 Å². The maximum Gasteiger partial charge on any atom is 0.256 e. The summed E-state index contributed by atoms with van der Waals surface area (Å²) < 4.78 is 10.6. The van der Waals surface area contributed by atoms with Gasteiger partial charge in [-0.2, -0.15) is 4.37 Å². The average molecular weight is 519 g/mol. The number of anilines is 1. The van der Waals surface area contributed by atoms with Crippen molar-refractivity contribution in [2.75, 3.05) is 37.7 Å². The van der Waals surface area contributed by atoms with Crippen molar-refractivity contribution in [2.24, 2.45) is 5.41 Å². The van der Waals surface area contributed by atoms with Crippen LogP contribution in [0.4, 0.5) is 5.69 Å². The predicted octanol–water partition coefficient (Wildman–Crippen LogP) is 4.42. The molecular formula is C24H24Cl2N4O3S. The minimum absolute atomic E-state index is 0.186. The fraction of sp³-hybridized carbons (Fsp3) is 0.458. The van der Waals surface area contributed by atoms with E-state index in [-0.39, 0.29) is 23.4 Å². The van der Waals surface area contributed by atoms with E-state index < -0.39 is 0 Å². The van der Waals surface area contributed by atoms with Crippen molar-refractivity contribution >= 4 is 56.4 Å². The Hall–Kier alpha value is -2.13. The zero-order valence-electron chi connectivity index (χ0n) is 18.7. The first-order valence-corrected chi connectivity index (χ1v) is 13.0. The summed E-state index contributed by atoms with van der Waals surface area (Å²) in [6.45, 7) is 5.92. The van der Waals surface area contributed by atoms with E-state index in [0.717, 1.165) is 66.2 Å². The van der Waals surface area contributed by atoms with Gasteiger partial charge in [-0.3, -0.25) is 9.59 Å². The number of amides is 1. The second-order valence-electron chi connectivity index (χ2n) is 9.62. The number of aromatic nitrogens is 2. The molecule has 2 aromatic heterocycles. The number of carbonyl (C=O) groups is 1. The van der Waals surface area contributed by atoms with Gasteiger partial charge >= 0.3 is 0 Å². The minimum Gasteiger partial charge on any atom is -0.381 e. The smallest absolute Gasteiger partial charge is 0.256 e. The number of halogens is 2. The molecule has 10 heteroatoms. The van der Waals surface area contributed by atoms with Gasteiger partial charge in [0.05, 0.1) is 39.3 Å². The Kier molecular flexibility index (Phi) is 5.40. The van der Waals surface area contributed by atoms with E-state index in [0.29, 0.717) is 34.1 Å². The summed E-state index contributed by atoms with van der Waals surface area (Å²) in [5.74, 6) is -0.186. The molecule has 7 nitrogen and oxygen atoms in total. The quantitative estimate of drug-likeness (QED) is 0.555. The Morgan fingerprint density at radius 3 is 2.76 bits per heavy atom. The first-order chi connectivity index (χ1) is 16.4. The van der Waals surface area contributed by atoms with Crippen LogP contribution in [-0.2, 0) is 17.7 Å². The normalized spacial score (nSPS) is 19.6. The molecule has 1 N–H and O–H groups in total. The van der Waals surface area contributed by atoms with Gasteiger partial charge in [-0.25, -0.2) is 0 Å². The maximum atomic E-state index is 13.6. The number of hydrogen-bond donors (Lipinski definition) is 1. The molecule has 5 heterocycles. The summed E-state index contributed by atoms with van der Waals surface area (Å²) in [5.41, 5.74) is 3.49. The molecule has 1 amide bonds. The number of aromatic amines is 1. The number of benzene rings is 1. The van der Waals surface area contributed by atoms with Gasteiger partial charge in [-0.1, -0.05) is 23.2 Å². The molecule has 0 saturated carbocycles. The Balaban J connectivity index is 1.32. The lowest BCUT2D eigenvalue weighted by Crippen LogP contribution is -2.58. The second-order valence-corrected chi connectivity index (χ2v) is 11.2. The van der Waals surface area contributed by atoms with Gasteiger partial charge in [0, 0.05) is 54.4 Å². The van der Waals surface area contributed by atoms with Crippen LogP contribution >= 0.6 is 34.7 Å². The molecule has 2 saturated heterocycles. The molecule has 3 aromatic rings. The number of ether oxygens (including phenoxy) is 1. The molecule has 0 bridgehead atoms. The molecule has 1 aromatic carbocycles. The standard InChI is InChI=1S/C24H24Cl2N4O3S/c1-13-15-9-27-34-21(15)16(22(31)28-13)10-29-5-2-14-17(25)8-18(20(26)19(14)23(29)32)30-11-24(12-30)3-6-33-7-4-24/h8-9H,2-7,10-12H2,1H3,(H,28,31). The first kappa shape index (κ1) is 22.3. The number of carbonyl (C=O) groups excluding carboxylic acids is 1. The highest BCUT2D eigenvalue weighted by molar-refractivity contribution is 7.13. The van der Waals surface area contributed by atoms with Crippen molar-refractivity contribution in [3.63, 3.8) is 0 Å². The fourth-order valence-corrected chi connectivity index (χ4v) is 7.03. The van der Waals surface area contributed by atoms with E-state index in [2.05, 4.69) is 14.3 Å². The Morgan fingerprint density at radius 1 is 1.24 bits per heavy atom. The highest BCUT2D eigenvalue weighted by atomic mass is 35.5. The van der Waals surface area contributed by atoms with Crippen LogP contribution in [0.25, 0.3) is 10.1 Å². The maximum absolute atomic E-state index is 13.6. The van der Waals surface area contributed by atoms with E-state index in [9.17, 15) is 9.59 Å². The van der Waals surface area contributed by atoms with Gasteiger partial charge in [-0.05, 0) is 49.3 Å². The Labute approximate surface area is 210 Å². The molecule has 6 rings (SSSR count). The van der Waals surface area contributed by atoms with Crippen LogP contribution in [0.15, 0.2) is 17.1 Å². The molecule has 0 unspecified atom stereocenters.